The molecule has 94 valence electrons. The maximum Gasteiger partial charge on any atom is 0.433 e. The van der Waals surface area contributed by atoms with Crippen LogP contribution >= 0.6 is 0 Å². The van der Waals surface area contributed by atoms with E-state index in [0.717, 1.165) is 25.1 Å². The lowest BCUT2D eigenvalue weighted by Gasteiger charge is -2.32. The molecule has 0 bridgehead atoms. The molecule has 0 aliphatic heterocycles. The lowest BCUT2D eigenvalue weighted by Crippen LogP contribution is -2.39. The number of halogens is 3. The van der Waals surface area contributed by atoms with Gasteiger partial charge in [0, 0.05) is 18.8 Å². The van der Waals surface area contributed by atoms with E-state index in [1.54, 1.807) is 0 Å². The van der Waals surface area contributed by atoms with E-state index < -0.39 is 11.9 Å². The lowest BCUT2D eigenvalue weighted by molar-refractivity contribution is -0.141. The fourth-order valence-corrected chi connectivity index (χ4v) is 1.79. The van der Waals surface area contributed by atoms with Crippen molar-refractivity contribution in [1.29, 1.82) is 0 Å². The standard InChI is InChI=1S/C10H13F3N4/c11-10(12,13)8-1-2-15-9(17-8)16-5-6-3-7(14)4-6/h1-2,6-7H,3-5,14H2,(H,15,16,17). The third-order valence-electron chi connectivity index (χ3n) is 2.77. The van der Waals surface area contributed by atoms with Crippen molar-refractivity contribution < 1.29 is 13.2 Å². The number of nitrogens with zero attached hydrogens (tertiary/aromatic N) is 2. The summed E-state index contributed by atoms with van der Waals surface area (Å²) in [5.74, 6) is 0.420. The second kappa shape index (κ2) is 4.48. The van der Waals surface area contributed by atoms with Gasteiger partial charge >= 0.3 is 6.18 Å². The average molecular weight is 246 g/mol. The van der Waals surface area contributed by atoms with Crippen LogP contribution in [-0.2, 0) is 6.18 Å². The van der Waals surface area contributed by atoms with Crippen molar-refractivity contribution in [1.82, 2.24) is 9.97 Å². The minimum atomic E-state index is -4.43. The van der Waals surface area contributed by atoms with E-state index in [9.17, 15) is 13.2 Å². The number of anilines is 1. The molecule has 1 heterocycles. The average Bonchev–Trinajstić information content (AvgIpc) is 2.22. The Bertz CT molecular complexity index is 387. The first-order valence-electron chi connectivity index (χ1n) is 5.35. The van der Waals surface area contributed by atoms with Crippen LogP contribution in [0.5, 0.6) is 0 Å². The van der Waals surface area contributed by atoms with Crippen molar-refractivity contribution in [3.05, 3.63) is 18.0 Å². The van der Waals surface area contributed by atoms with Crippen LogP contribution in [0.2, 0.25) is 0 Å². The van der Waals surface area contributed by atoms with Crippen LogP contribution in [0.1, 0.15) is 18.5 Å². The fourth-order valence-electron chi connectivity index (χ4n) is 1.79. The highest BCUT2D eigenvalue weighted by Gasteiger charge is 2.33. The van der Waals surface area contributed by atoms with Gasteiger partial charge in [-0.05, 0) is 24.8 Å². The predicted octanol–water partition coefficient (Wildman–Crippen LogP) is 1.64. The molecule has 2 rings (SSSR count). The first-order chi connectivity index (χ1) is 7.95. The Balaban J connectivity index is 1.92. The Hall–Kier alpha value is -1.37. The number of hydrogen-bond acceptors (Lipinski definition) is 4. The van der Waals surface area contributed by atoms with Crippen molar-refractivity contribution in [2.75, 3.05) is 11.9 Å². The number of alkyl halides is 3. The molecule has 1 aromatic rings. The molecule has 1 aromatic heterocycles. The third kappa shape index (κ3) is 3.06. The summed E-state index contributed by atoms with van der Waals surface area (Å²) < 4.78 is 37.1. The second-order valence-corrected chi connectivity index (χ2v) is 4.24. The van der Waals surface area contributed by atoms with E-state index in [1.807, 2.05) is 0 Å². The van der Waals surface area contributed by atoms with Crippen molar-refractivity contribution in [3.8, 4) is 0 Å². The van der Waals surface area contributed by atoms with Crippen LogP contribution in [0.3, 0.4) is 0 Å². The molecule has 17 heavy (non-hydrogen) atoms. The highest BCUT2D eigenvalue weighted by atomic mass is 19.4. The van der Waals surface area contributed by atoms with E-state index in [0.29, 0.717) is 12.5 Å². The Kier molecular flexibility index (Phi) is 3.19. The molecule has 0 spiro atoms. The minimum absolute atomic E-state index is 0.0142. The molecule has 0 aromatic carbocycles. The van der Waals surface area contributed by atoms with Gasteiger partial charge in [0.1, 0.15) is 5.69 Å². The summed E-state index contributed by atoms with van der Waals surface area (Å²) >= 11 is 0. The molecular formula is C10H13F3N4. The highest BCUT2D eigenvalue weighted by Crippen LogP contribution is 2.28. The number of nitrogens with one attached hydrogen (secondary N) is 1. The Labute approximate surface area is 96.4 Å². The molecule has 3 N–H and O–H groups in total. The first kappa shape index (κ1) is 12.1. The molecule has 0 unspecified atom stereocenters. The largest absolute Gasteiger partial charge is 0.433 e. The third-order valence-corrected chi connectivity index (χ3v) is 2.77. The molecule has 1 aliphatic carbocycles. The Morgan fingerprint density at radius 3 is 2.71 bits per heavy atom. The fraction of sp³-hybridized carbons (Fsp3) is 0.600. The second-order valence-electron chi connectivity index (χ2n) is 4.24. The van der Waals surface area contributed by atoms with Gasteiger partial charge in [0.15, 0.2) is 0 Å². The van der Waals surface area contributed by atoms with Crippen LogP contribution in [0, 0.1) is 5.92 Å². The number of hydrogen-bond donors (Lipinski definition) is 2. The maximum atomic E-state index is 12.4. The Morgan fingerprint density at radius 1 is 1.41 bits per heavy atom. The van der Waals surface area contributed by atoms with Crippen LogP contribution in [0.15, 0.2) is 12.3 Å². The van der Waals surface area contributed by atoms with Crippen molar-refractivity contribution in [2.45, 2.75) is 25.1 Å². The van der Waals surface area contributed by atoms with Gasteiger partial charge in [-0.3, -0.25) is 0 Å². The minimum Gasteiger partial charge on any atom is -0.354 e. The molecule has 0 saturated heterocycles. The molecule has 7 heteroatoms. The zero-order valence-corrected chi connectivity index (χ0v) is 9.04. The number of rotatable bonds is 3. The summed E-state index contributed by atoms with van der Waals surface area (Å²) in [7, 11) is 0. The maximum absolute atomic E-state index is 12.4. The van der Waals surface area contributed by atoms with E-state index >= 15 is 0 Å². The highest BCUT2D eigenvalue weighted by molar-refractivity contribution is 5.26. The molecule has 0 atom stereocenters. The van der Waals surface area contributed by atoms with Crippen LogP contribution in [0.4, 0.5) is 19.1 Å². The normalized spacial score (nSPS) is 24.2. The van der Waals surface area contributed by atoms with Gasteiger partial charge in [0.25, 0.3) is 0 Å². The number of aromatic nitrogens is 2. The molecule has 4 nitrogen and oxygen atoms in total. The van der Waals surface area contributed by atoms with Crippen LogP contribution in [-0.4, -0.2) is 22.6 Å². The molecular weight excluding hydrogens is 233 g/mol. The predicted molar refractivity (Wildman–Crippen MR) is 56.2 cm³/mol. The lowest BCUT2D eigenvalue weighted by atomic mass is 9.81. The molecule has 1 fully saturated rings. The van der Waals surface area contributed by atoms with E-state index in [4.69, 9.17) is 5.73 Å². The zero-order valence-electron chi connectivity index (χ0n) is 9.04. The van der Waals surface area contributed by atoms with Crippen molar-refractivity contribution >= 4 is 5.95 Å². The van der Waals surface area contributed by atoms with Gasteiger partial charge in [-0.2, -0.15) is 13.2 Å². The summed E-state index contributed by atoms with van der Waals surface area (Å²) in [4.78, 5) is 7.16. The smallest absolute Gasteiger partial charge is 0.354 e. The van der Waals surface area contributed by atoms with Gasteiger partial charge in [-0.15, -0.1) is 0 Å². The molecule has 0 amide bonds. The zero-order chi connectivity index (χ0) is 12.5. The summed E-state index contributed by atoms with van der Waals surface area (Å²) in [6, 6.07) is 1.08. The molecule has 1 saturated carbocycles. The van der Waals surface area contributed by atoms with Gasteiger partial charge in [0.2, 0.25) is 5.95 Å². The van der Waals surface area contributed by atoms with E-state index in [-0.39, 0.29) is 12.0 Å². The summed E-state index contributed by atoms with van der Waals surface area (Å²) in [6.45, 7) is 0.564. The molecule has 0 radical (unpaired) electrons. The van der Waals surface area contributed by atoms with Gasteiger partial charge in [-0.1, -0.05) is 0 Å². The van der Waals surface area contributed by atoms with Gasteiger partial charge in [-0.25, -0.2) is 9.97 Å². The quantitative estimate of drug-likeness (QED) is 0.851. The first-order valence-corrected chi connectivity index (χ1v) is 5.35. The summed E-state index contributed by atoms with van der Waals surface area (Å²) in [5, 5.41) is 2.80. The summed E-state index contributed by atoms with van der Waals surface area (Å²) in [6.07, 6.45) is -1.54. The Morgan fingerprint density at radius 2 is 2.12 bits per heavy atom. The van der Waals surface area contributed by atoms with Gasteiger partial charge < -0.3 is 11.1 Å². The molecule has 1 aliphatic rings. The monoisotopic (exact) mass is 246 g/mol. The summed E-state index contributed by atoms with van der Waals surface area (Å²) in [5.41, 5.74) is 4.68. The van der Waals surface area contributed by atoms with Crippen molar-refractivity contribution in [2.24, 2.45) is 11.7 Å². The van der Waals surface area contributed by atoms with Gasteiger partial charge in [0.05, 0.1) is 0 Å². The van der Waals surface area contributed by atoms with Crippen molar-refractivity contribution in [3.63, 3.8) is 0 Å². The SMILES string of the molecule is NC1CC(CNc2nccc(C(F)(F)F)n2)C1. The van der Waals surface area contributed by atoms with E-state index in [1.165, 1.54) is 0 Å². The topological polar surface area (TPSA) is 63.8 Å². The van der Waals surface area contributed by atoms with Crippen LogP contribution < -0.4 is 11.1 Å². The van der Waals surface area contributed by atoms with E-state index in [2.05, 4.69) is 15.3 Å². The number of nitrogens with two attached hydrogens (primary N) is 1. The van der Waals surface area contributed by atoms with Crippen LogP contribution in [0.25, 0.3) is 0 Å².